The molecule has 0 bridgehead atoms. The van der Waals surface area contributed by atoms with Gasteiger partial charge in [0.2, 0.25) is 0 Å². The van der Waals surface area contributed by atoms with Crippen molar-refractivity contribution >= 4 is 28.2 Å². The minimum absolute atomic E-state index is 0.129. The maximum atomic E-state index is 12.7. The van der Waals surface area contributed by atoms with Gasteiger partial charge in [0.05, 0.1) is 19.2 Å². The van der Waals surface area contributed by atoms with Crippen molar-refractivity contribution in [3.8, 4) is 5.75 Å². The van der Waals surface area contributed by atoms with E-state index in [-0.39, 0.29) is 5.56 Å². The molecule has 0 amide bonds. The first kappa shape index (κ1) is 21.8. The molecular formula is C23H27N3O3S. The average molecular weight is 426 g/mol. The van der Waals surface area contributed by atoms with E-state index in [0.29, 0.717) is 42.7 Å². The van der Waals surface area contributed by atoms with E-state index in [4.69, 9.17) is 21.7 Å². The number of pyridine rings is 1. The Morgan fingerprint density at radius 3 is 2.63 bits per heavy atom. The van der Waals surface area contributed by atoms with Crippen LogP contribution in [0.2, 0.25) is 0 Å². The molecule has 6 nitrogen and oxygen atoms in total. The number of H-pyrrole nitrogens is 1. The summed E-state index contributed by atoms with van der Waals surface area (Å²) in [5, 5.41) is 4.84. The zero-order valence-corrected chi connectivity index (χ0v) is 18.1. The van der Waals surface area contributed by atoms with Crippen LogP contribution in [0.1, 0.15) is 17.5 Å². The van der Waals surface area contributed by atoms with E-state index in [1.807, 2.05) is 47.4 Å². The summed E-state index contributed by atoms with van der Waals surface area (Å²) in [6.07, 6.45) is 0.855. The number of fused-ring (bicyclic) bond motifs is 1. The van der Waals surface area contributed by atoms with Crippen LogP contribution in [0.25, 0.3) is 10.9 Å². The van der Waals surface area contributed by atoms with Gasteiger partial charge in [0, 0.05) is 38.4 Å². The van der Waals surface area contributed by atoms with Crippen molar-refractivity contribution in [2.75, 3.05) is 27.4 Å². The summed E-state index contributed by atoms with van der Waals surface area (Å²) in [5.74, 6) is 0.707. The molecule has 0 aliphatic heterocycles. The molecule has 0 aliphatic carbocycles. The minimum atomic E-state index is -0.129. The van der Waals surface area contributed by atoms with Gasteiger partial charge in [-0.15, -0.1) is 0 Å². The molecule has 0 atom stereocenters. The molecule has 0 aliphatic rings. The SMILES string of the molecule is COCCCNC(=S)N(Cc1ccccc1)Cc1cc2ccc(OC)cc2[nH]c1=O. The van der Waals surface area contributed by atoms with Crippen LogP contribution in [0.15, 0.2) is 59.4 Å². The summed E-state index contributed by atoms with van der Waals surface area (Å²) in [5.41, 5.74) is 2.40. The summed E-state index contributed by atoms with van der Waals surface area (Å²) in [4.78, 5) is 17.7. The number of nitrogens with one attached hydrogen (secondary N) is 2. The van der Waals surface area contributed by atoms with E-state index in [1.165, 1.54) is 0 Å². The third kappa shape index (κ3) is 5.81. The first-order valence-electron chi connectivity index (χ1n) is 9.86. The topological polar surface area (TPSA) is 66.6 Å². The van der Waals surface area contributed by atoms with E-state index in [2.05, 4.69) is 22.4 Å². The monoisotopic (exact) mass is 425 g/mol. The van der Waals surface area contributed by atoms with Crippen LogP contribution in [0.4, 0.5) is 0 Å². The molecule has 158 valence electrons. The van der Waals surface area contributed by atoms with E-state index in [0.717, 1.165) is 22.9 Å². The number of aromatic nitrogens is 1. The van der Waals surface area contributed by atoms with Gasteiger partial charge >= 0.3 is 0 Å². The van der Waals surface area contributed by atoms with Crippen molar-refractivity contribution in [1.82, 2.24) is 15.2 Å². The average Bonchev–Trinajstić information content (AvgIpc) is 2.77. The molecule has 1 aromatic heterocycles. The molecule has 0 fully saturated rings. The van der Waals surface area contributed by atoms with Gasteiger partial charge in [0.1, 0.15) is 5.75 Å². The zero-order chi connectivity index (χ0) is 21.3. The van der Waals surface area contributed by atoms with Gasteiger partial charge in [0.15, 0.2) is 5.11 Å². The van der Waals surface area contributed by atoms with Crippen molar-refractivity contribution in [2.24, 2.45) is 0 Å². The number of rotatable bonds is 9. The molecule has 2 N–H and O–H groups in total. The molecule has 0 radical (unpaired) electrons. The number of benzene rings is 2. The fourth-order valence-electron chi connectivity index (χ4n) is 3.20. The Labute approximate surface area is 181 Å². The first-order chi connectivity index (χ1) is 14.6. The van der Waals surface area contributed by atoms with Gasteiger partial charge in [-0.3, -0.25) is 4.79 Å². The predicted molar refractivity (Wildman–Crippen MR) is 124 cm³/mol. The Bertz CT molecular complexity index is 1040. The Morgan fingerprint density at radius 1 is 1.10 bits per heavy atom. The van der Waals surface area contributed by atoms with Crippen LogP contribution in [-0.2, 0) is 17.8 Å². The fraction of sp³-hybridized carbons (Fsp3) is 0.304. The molecule has 3 aromatic rings. The number of aromatic amines is 1. The van der Waals surface area contributed by atoms with E-state index in [9.17, 15) is 4.79 Å². The van der Waals surface area contributed by atoms with Crippen LogP contribution in [-0.4, -0.2) is 42.4 Å². The van der Waals surface area contributed by atoms with Gasteiger partial charge in [0.25, 0.3) is 5.56 Å². The van der Waals surface area contributed by atoms with Gasteiger partial charge in [-0.2, -0.15) is 0 Å². The quantitative estimate of drug-likeness (QED) is 0.404. The summed E-state index contributed by atoms with van der Waals surface area (Å²) in [7, 11) is 3.29. The molecule has 0 saturated carbocycles. The highest BCUT2D eigenvalue weighted by Crippen LogP contribution is 2.19. The number of nitrogens with zero attached hydrogens (tertiary/aromatic N) is 1. The Morgan fingerprint density at radius 2 is 1.90 bits per heavy atom. The molecule has 30 heavy (non-hydrogen) atoms. The molecule has 0 unspecified atom stereocenters. The third-order valence-corrected chi connectivity index (χ3v) is 5.20. The summed E-state index contributed by atoms with van der Waals surface area (Å²) in [6, 6.07) is 17.7. The fourth-order valence-corrected chi connectivity index (χ4v) is 3.43. The second-order valence-corrected chi connectivity index (χ2v) is 7.38. The standard InChI is InChI=1S/C23H27N3O3S/c1-28-12-6-11-24-23(30)26(15-17-7-4-3-5-8-17)16-19-13-18-9-10-20(29-2)14-21(18)25-22(19)27/h3-5,7-10,13-14H,6,11-12,15-16H2,1-2H3,(H,24,30)(H,25,27). The first-order valence-corrected chi connectivity index (χ1v) is 10.3. The maximum Gasteiger partial charge on any atom is 0.253 e. The lowest BCUT2D eigenvalue weighted by Gasteiger charge is -2.26. The summed E-state index contributed by atoms with van der Waals surface area (Å²) >= 11 is 5.64. The number of hydrogen-bond acceptors (Lipinski definition) is 4. The lowest BCUT2D eigenvalue weighted by molar-refractivity contribution is 0.195. The van der Waals surface area contributed by atoms with Crippen molar-refractivity contribution in [3.05, 3.63) is 76.1 Å². The lowest BCUT2D eigenvalue weighted by atomic mass is 10.1. The van der Waals surface area contributed by atoms with Crippen molar-refractivity contribution in [3.63, 3.8) is 0 Å². The van der Waals surface area contributed by atoms with Crippen LogP contribution < -0.4 is 15.6 Å². The molecule has 3 rings (SSSR count). The van der Waals surface area contributed by atoms with Crippen LogP contribution in [0.5, 0.6) is 5.75 Å². The number of hydrogen-bond donors (Lipinski definition) is 2. The largest absolute Gasteiger partial charge is 0.497 e. The number of thiocarbonyl (C=S) groups is 1. The highest BCUT2D eigenvalue weighted by atomic mass is 32.1. The molecule has 0 spiro atoms. The van der Waals surface area contributed by atoms with E-state index < -0.39 is 0 Å². The van der Waals surface area contributed by atoms with Gasteiger partial charge in [-0.1, -0.05) is 30.3 Å². The highest BCUT2D eigenvalue weighted by Gasteiger charge is 2.14. The molecule has 1 heterocycles. The minimum Gasteiger partial charge on any atom is -0.497 e. The van der Waals surface area contributed by atoms with Crippen LogP contribution >= 0.6 is 12.2 Å². The molecular weight excluding hydrogens is 398 g/mol. The molecule has 7 heteroatoms. The van der Waals surface area contributed by atoms with Crippen molar-refractivity contribution < 1.29 is 9.47 Å². The van der Waals surface area contributed by atoms with Crippen molar-refractivity contribution in [1.29, 1.82) is 0 Å². The van der Waals surface area contributed by atoms with E-state index >= 15 is 0 Å². The van der Waals surface area contributed by atoms with Gasteiger partial charge < -0.3 is 24.7 Å². The summed E-state index contributed by atoms with van der Waals surface area (Å²) in [6.45, 7) is 2.40. The Kier molecular flexibility index (Phi) is 7.82. The smallest absolute Gasteiger partial charge is 0.253 e. The second kappa shape index (κ2) is 10.8. The zero-order valence-electron chi connectivity index (χ0n) is 17.3. The van der Waals surface area contributed by atoms with Crippen LogP contribution in [0.3, 0.4) is 0 Å². The normalized spacial score (nSPS) is 10.7. The lowest BCUT2D eigenvalue weighted by Crippen LogP contribution is -2.40. The van der Waals surface area contributed by atoms with Crippen LogP contribution in [0, 0.1) is 0 Å². The highest BCUT2D eigenvalue weighted by molar-refractivity contribution is 7.80. The molecule has 0 saturated heterocycles. The summed E-state index contributed by atoms with van der Waals surface area (Å²) < 4.78 is 10.3. The Hall–Kier alpha value is -2.90. The van der Waals surface area contributed by atoms with Gasteiger partial charge in [-0.05, 0) is 47.8 Å². The van der Waals surface area contributed by atoms with Gasteiger partial charge in [-0.25, -0.2) is 0 Å². The number of ether oxygens (including phenoxy) is 2. The van der Waals surface area contributed by atoms with E-state index in [1.54, 1.807) is 14.2 Å². The predicted octanol–water partition coefficient (Wildman–Crippen LogP) is 3.45. The second-order valence-electron chi connectivity index (χ2n) is 7.00. The third-order valence-electron chi connectivity index (χ3n) is 4.80. The Balaban J connectivity index is 1.83. The number of methoxy groups -OCH3 is 2. The van der Waals surface area contributed by atoms with Crippen molar-refractivity contribution in [2.45, 2.75) is 19.5 Å². The maximum absolute atomic E-state index is 12.7. The molecule has 2 aromatic carbocycles.